The number of rotatable bonds is 5. The van der Waals surface area contributed by atoms with Crippen molar-refractivity contribution in [1.29, 1.82) is 0 Å². The predicted octanol–water partition coefficient (Wildman–Crippen LogP) is -0.164. The molecule has 2 amide bonds. The quantitative estimate of drug-likeness (QED) is 0.567. The van der Waals surface area contributed by atoms with Gasteiger partial charge in [0.2, 0.25) is 0 Å². The van der Waals surface area contributed by atoms with Crippen LogP contribution in [-0.4, -0.2) is 42.4 Å². The first kappa shape index (κ1) is 15.9. The molecule has 1 saturated heterocycles. The monoisotopic (exact) mass is 317 g/mol. The third-order valence-electron chi connectivity index (χ3n) is 4.31. The molecule has 0 spiro atoms. The maximum absolute atomic E-state index is 12.1. The molecule has 0 bridgehead atoms. The van der Waals surface area contributed by atoms with Crippen LogP contribution in [0.2, 0.25) is 0 Å². The first-order chi connectivity index (χ1) is 11.1. The van der Waals surface area contributed by atoms with Crippen molar-refractivity contribution in [2.45, 2.75) is 37.4 Å². The largest absolute Gasteiger partial charge is 0.295 e. The lowest BCUT2D eigenvalue weighted by Crippen LogP contribution is -2.52. The molecule has 1 aromatic carbocycles. The summed E-state index contributed by atoms with van der Waals surface area (Å²) in [7, 11) is 1.92. The highest BCUT2D eigenvalue weighted by Gasteiger charge is 2.31. The van der Waals surface area contributed by atoms with Crippen LogP contribution in [-0.2, 0) is 9.59 Å². The van der Waals surface area contributed by atoms with Crippen molar-refractivity contribution in [3.63, 3.8) is 0 Å². The maximum Gasteiger partial charge on any atom is 0.256 e. The molecule has 1 saturated carbocycles. The van der Waals surface area contributed by atoms with Crippen molar-refractivity contribution >= 4 is 11.8 Å². The van der Waals surface area contributed by atoms with Gasteiger partial charge in [0.15, 0.2) is 0 Å². The second kappa shape index (κ2) is 7.08. The Bertz CT molecular complexity index is 561. The van der Waals surface area contributed by atoms with Gasteiger partial charge in [0, 0.05) is 12.1 Å². The van der Waals surface area contributed by atoms with Crippen LogP contribution in [0.15, 0.2) is 30.3 Å². The van der Waals surface area contributed by atoms with Gasteiger partial charge < -0.3 is 0 Å². The molecule has 0 aromatic heterocycles. The molecular weight excluding hydrogens is 294 g/mol. The molecule has 3 rings (SSSR count). The van der Waals surface area contributed by atoms with E-state index < -0.39 is 0 Å². The van der Waals surface area contributed by atoms with Crippen LogP contribution in [0.1, 0.15) is 30.9 Å². The van der Waals surface area contributed by atoms with Gasteiger partial charge in [0.05, 0.1) is 6.54 Å². The lowest BCUT2D eigenvalue weighted by atomic mass is 10.0. The molecule has 2 fully saturated rings. The van der Waals surface area contributed by atoms with Crippen LogP contribution in [0.5, 0.6) is 0 Å². The number of benzene rings is 1. The van der Waals surface area contributed by atoms with Crippen LogP contribution in [0.4, 0.5) is 0 Å². The van der Waals surface area contributed by atoms with E-state index in [1.54, 1.807) is 0 Å². The first-order valence-corrected chi connectivity index (χ1v) is 7.98. The van der Waals surface area contributed by atoms with E-state index in [1.165, 1.54) is 0 Å². The molecule has 1 aliphatic carbocycles. The summed E-state index contributed by atoms with van der Waals surface area (Å²) in [6.07, 6.45) is 2.93. The van der Waals surface area contributed by atoms with Crippen LogP contribution in [0, 0.1) is 0 Å². The van der Waals surface area contributed by atoms with Gasteiger partial charge in [-0.25, -0.2) is 10.9 Å². The molecule has 2 aliphatic rings. The topological polar surface area (TPSA) is 85.5 Å². The number of hydrogen-bond donors (Lipinski definition) is 4. The highest BCUT2D eigenvalue weighted by molar-refractivity contribution is 5.86. The smallest absolute Gasteiger partial charge is 0.256 e. The van der Waals surface area contributed by atoms with Gasteiger partial charge in [-0.05, 0) is 31.9 Å². The van der Waals surface area contributed by atoms with Crippen LogP contribution in [0.25, 0.3) is 0 Å². The number of carbonyl (C=O) groups is 2. The lowest BCUT2D eigenvalue weighted by Gasteiger charge is -2.16. The summed E-state index contributed by atoms with van der Waals surface area (Å²) >= 11 is 0. The molecule has 1 heterocycles. The Hall–Kier alpha value is -1.96. The number of nitrogens with one attached hydrogen (secondary N) is 4. The van der Waals surface area contributed by atoms with Crippen molar-refractivity contribution in [2.24, 2.45) is 0 Å². The minimum Gasteiger partial charge on any atom is -0.295 e. The summed E-state index contributed by atoms with van der Waals surface area (Å²) in [5.74, 6) is -0.434. The van der Waals surface area contributed by atoms with E-state index in [0.717, 1.165) is 18.4 Å². The second-order valence-corrected chi connectivity index (χ2v) is 6.22. The normalized spacial score (nSPS) is 23.7. The van der Waals surface area contributed by atoms with Gasteiger partial charge in [-0.15, -0.1) is 0 Å². The number of carbonyl (C=O) groups excluding carboxylic acids is 2. The van der Waals surface area contributed by atoms with Gasteiger partial charge in [-0.1, -0.05) is 30.3 Å². The maximum atomic E-state index is 12.1. The third-order valence-corrected chi connectivity index (χ3v) is 4.31. The van der Waals surface area contributed by atoms with Gasteiger partial charge >= 0.3 is 0 Å². The Kier molecular flexibility index (Phi) is 4.90. The molecule has 23 heavy (non-hydrogen) atoms. The molecular formula is C16H23N5O2. The molecule has 2 unspecified atom stereocenters. The minimum atomic E-state index is -0.373. The highest BCUT2D eigenvalue weighted by atomic mass is 16.2. The Morgan fingerprint density at radius 1 is 1.17 bits per heavy atom. The summed E-state index contributed by atoms with van der Waals surface area (Å²) in [6, 6.07) is 10.2. The average Bonchev–Trinajstić information content (AvgIpc) is 3.30. The van der Waals surface area contributed by atoms with Gasteiger partial charge in [-0.2, -0.15) is 0 Å². The fourth-order valence-electron chi connectivity index (χ4n) is 2.76. The molecule has 124 valence electrons. The average molecular weight is 317 g/mol. The van der Waals surface area contributed by atoms with E-state index in [0.29, 0.717) is 19.0 Å². The molecule has 1 aliphatic heterocycles. The fourth-order valence-corrected chi connectivity index (χ4v) is 2.76. The van der Waals surface area contributed by atoms with E-state index in [4.69, 9.17) is 0 Å². The molecule has 7 heteroatoms. The number of nitrogens with zero attached hydrogens (tertiary/aromatic N) is 1. The highest BCUT2D eigenvalue weighted by Crippen LogP contribution is 2.24. The summed E-state index contributed by atoms with van der Waals surface area (Å²) in [5.41, 5.74) is 12.2. The van der Waals surface area contributed by atoms with E-state index in [9.17, 15) is 9.59 Å². The van der Waals surface area contributed by atoms with Gasteiger partial charge in [0.25, 0.3) is 11.8 Å². The first-order valence-electron chi connectivity index (χ1n) is 7.98. The Balaban J connectivity index is 1.41. The molecule has 2 atom stereocenters. The van der Waals surface area contributed by atoms with Crippen molar-refractivity contribution in [3.05, 3.63) is 35.9 Å². The number of amides is 2. The zero-order valence-electron chi connectivity index (χ0n) is 13.2. The third kappa shape index (κ3) is 4.28. The van der Waals surface area contributed by atoms with E-state index >= 15 is 0 Å². The zero-order chi connectivity index (χ0) is 16.2. The minimum absolute atomic E-state index is 0.0867. The number of hydrogen-bond acceptors (Lipinski definition) is 5. The second-order valence-electron chi connectivity index (χ2n) is 6.22. The molecule has 0 radical (unpaired) electrons. The van der Waals surface area contributed by atoms with Crippen molar-refractivity contribution in [2.75, 3.05) is 13.6 Å². The summed E-state index contributed by atoms with van der Waals surface area (Å²) < 4.78 is 0. The number of hydrazine groups is 2. The van der Waals surface area contributed by atoms with E-state index in [2.05, 4.69) is 21.7 Å². The Morgan fingerprint density at radius 3 is 2.61 bits per heavy atom. The lowest BCUT2D eigenvalue weighted by molar-refractivity contribution is -0.130. The molecule has 1 aromatic rings. The van der Waals surface area contributed by atoms with Gasteiger partial charge in [0.1, 0.15) is 6.04 Å². The SMILES string of the molecule is CN(CC(=O)NNC(=O)C1CC(c2ccccc2)NN1)C1CC1. The van der Waals surface area contributed by atoms with Crippen LogP contribution < -0.4 is 21.7 Å². The van der Waals surface area contributed by atoms with E-state index in [-0.39, 0.29) is 23.9 Å². The summed E-state index contributed by atoms with van der Waals surface area (Å²) in [4.78, 5) is 25.9. The van der Waals surface area contributed by atoms with E-state index in [1.807, 2.05) is 42.3 Å². The fraction of sp³-hybridized carbons (Fsp3) is 0.500. The zero-order valence-corrected chi connectivity index (χ0v) is 13.2. The number of likely N-dealkylation sites (N-methyl/N-ethyl adjacent to an activating group) is 1. The predicted molar refractivity (Wildman–Crippen MR) is 85.8 cm³/mol. The Labute approximate surface area is 135 Å². The summed E-state index contributed by atoms with van der Waals surface area (Å²) in [5, 5.41) is 0. The Morgan fingerprint density at radius 2 is 1.91 bits per heavy atom. The van der Waals surface area contributed by atoms with Crippen LogP contribution in [0.3, 0.4) is 0 Å². The van der Waals surface area contributed by atoms with Crippen molar-refractivity contribution in [3.8, 4) is 0 Å². The molecule has 7 nitrogen and oxygen atoms in total. The standard InChI is InChI=1S/C16H23N5O2/c1-21(12-7-8-12)10-15(22)19-20-16(23)14-9-13(17-18-14)11-5-3-2-4-6-11/h2-6,12-14,17-18H,7-10H2,1H3,(H,19,22)(H,20,23). The summed E-state index contributed by atoms with van der Waals surface area (Å²) in [6.45, 7) is 0.300. The van der Waals surface area contributed by atoms with Crippen LogP contribution >= 0.6 is 0 Å². The van der Waals surface area contributed by atoms with Crippen molar-refractivity contribution in [1.82, 2.24) is 26.6 Å². The van der Waals surface area contributed by atoms with Crippen molar-refractivity contribution < 1.29 is 9.59 Å². The van der Waals surface area contributed by atoms with Gasteiger partial charge in [-0.3, -0.25) is 25.3 Å². The molecule has 4 N–H and O–H groups in total.